The number of methoxy groups -OCH3 is 1. The molecule has 0 radical (unpaired) electrons. The molecule has 1 aliphatic rings. The minimum atomic E-state index is -0.815. The zero-order chi connectivity index (χ0) is 31.3. The maximum absolute atomic E-state index is 13.9. The van der Waals surface area contributed by atoms with Gasteiger partial charge in [-0.1, -0.05) is 66.4 Å². The first-order valence-corrected chi connectivity index (χ1v) is 15.3. The summed E-state index contributed by atoms with van der Waals surface area (Å²) in [4.78, 5) is 29.8. The van der Waals surface area contributed by atoms with Crippen molar-refractivity contribution in [2.24, 2.45) is 0 Å². The first kappa shape index (κ1) is 31.2. The summed E-state index contributed by atoms with van der Waals surface area (Å²) in [7, 11) is 1.60. The number of aliphatic hydroxyl groups is 1. The standard InChI is InChI=1S/C32H37N7O4S/c1-20(40)17-33-32(2,3)16-28(41)34-30-31(42)39(19-23-13-14-24(43-4)15-27(23)44-30)18-21-9-11-22(12-10-21)25-7-5-6-8-26(25)29-35-37-38-36-29/h5-15,20,30,33,40H,16-19H2,1-4H3,(H,34,41)(H,35,36,37,38)/t20-,30-/m1/s1. The molecule has 5 rings (SSSR count). The van der Waals surface area contributed by atoms with Gasteiger partial charge in [0.2, 0.25) is 11.7 Å². The molecule has 44 heavy (non-hydrogen) atoms. The van der Waals surface area contributed by atoms with E-state index < -0.39 is 17.0 Å². The Morgan fingerprint density at radius 3 is 2.59 bits per heavy atom. The fraction of sp³-hybridized carbons (Fsp3) is 0.344. The summed E-state index contributed by atoms with van der Waals surface area (Å²) in [5, 5.41) is 29.5. The zero-order valence-electron chi connectivity index (χ0n) is 25.2. The predicted octanol–water partition coefficient (Wildman–Crippen LogP) is 3.76. The first-order chi connectivity index (χ1) is 21.1. The van der Waals surface area contributed by atoms with Gasteiger partial charge in [0, 0.05) is 42.1 Å². The van der Waals surface area contributed by atoms with Gasteiger partial charge in [-0.25, -0.2) is 0 Å². The van der Waals surface area contributed by atoms with E-state index in [1.165, 1.54) is 11.8 Å². The zero-order valence-corrected chi connectivity index (χ0v) is 26.0. The normalized spacial score (nSPS) is 15.8. The molecule has 2 atom stereocenters. The molecule has 1 aliphatic heterocycles. The number of fused-ring (bicyclic) bond motifs is 1. The lowest BCUT2D eigenvalue weighted by molar-refractivity contribution is -0.135. The Kier molecular flexibility index (Phi) is 9.62. The largest absolute Gasteiger partial charge is 0.497 e. The van der Waals surface area contributed by atoms with Crippen LogP contribution in [0, 0.1) is 0 Å². The Balaban J connectivity index is 1.36. The molecule has 0 bridgehead atoms. The van der Waals surface area contributed by atoms with Gasteiger partial charge in [0.25, 0.3) is 5.91 Å². The summed E-state index contributed by atoms with van der Waals surface area (Å²) in [5.74, 6) is 0.764. The maximum atomic E-state index is 13.9. The number of aliphatic hydroxyl groups excluding tert-OH is 1. The molecule has 1 aromatic heterocycles. The van der Waals surface area contributed by atoms with E-state index in [2.05, 4.69) is 31.3 Å². The molecule has 4 aromatic rings. The van der Waals surface area contributed by atoms with Crippen molar-refractivity contribution in [2.75, 3.05) is 13.7 Å². The minimum Gasteiger partial charge on any atom is -0.497 e. The van der Waals surface area contributed by atoms with E-state index in [4.69, 9.17) is 4.74 Å². The molecule has 0 spiro atoms. The molecule has 0 aliphatic carbocycles. The smallest absolute Gasteiger partial charge is 0.256 e. The number of amides is 2. The molecule has 4 N–H and O–H groups in total. The van der Waals surface area contributed by atoms with Crippen molar-refractivity contribution in [2.45, 2.75) is 62.2 Å². The van der Waals surface area contributed by atoms with Crippen LogP contribution < -0.4 is 15.4 Å². The van der Waals surface area contributed by atoms with Crippen LogP contribution in [0.2, 0.25) is 0 Å². The number of H-pyrrole nitrogens is 1. The number of hydrogen-bond donors (Lipinski definition) is 4. The van der Waals surface area contributed by atoms with Gasteiger partial charge in [-0.15, -0.1) is 10.2 Å². The molecule has 0 saturated carbocycles. The monoisotopic (exact) mass is 615 g/mol. The SMILES string of the molecule is COc1ccc2c(c1)S[C@@H](NC(=O)CC(C)(C)NC[C@@H](C)O)C(=O)N(Cc1ccc(-c3ccccc3-c3nn[nH]n3)cc1)C2. The number of benzene rings is 3. The fourth-order valence-corrected chi connectivity index (χ4v) is 6.22. The van der Waals surface area contributed by atoms with E-state index in [1.807, 2.05) is 80.6 Å². The van der Waals surface area contributed by atoms with E-state index in [1.54, 1.807) is 18.9 Å². The second kappa shape index (κ2) is 13.6. The van der Waals surface area contributed by atoms with Crippen molar-refractivity contribution in [3.63, 3.8) is 0 Å². The topological polar surface area (TPSA) is 145 Å². The third-order valence-electron chi connectivity index (χ3n) is 7.34. The summed E-state index contributed by atoms with van der Waals surface area (Å²) in [5.41, 5.74) is 4.19. The number of tetrazole rings is 1. The number of hydrogen-bond acceptors (Lipinski definition) is 9. The van der Waals surface area contributed by atoms with E-state index >= 15 is 0 Å². The van der Waals surface area contributed by atoms with Gasteiger partial charge < -0.3 is 25.4 Å². The third-order valence-corrected chi connectivity index (χ3v) is 8.53. The van der Waals surface area contributed by atoms with Crippen LogP contribution in [0.1, 0.15) is 38.3 Å². The van der Waals surface area contributed by atoms with E-state index in [-0.39, 0.29) is 18.2 Å². The number of β-amino-alcohol motifs (C(OH)–C–C–N with tert-alkyl or cyclic N) is 1. The van der Waals surface area contributed by atoms with Crippen LogP contribution in [-0.2, 0) is 22.7 Å². The number of ether oxygens (including phenoxy) is 1. The Morgan fingerprint density at radius 2 is 1.91 bits per heavy atom. The van der Waals surface area contributed by atoms with Crippen molar-refractivity contribution in [3.8, 4) is 28.3 Å². The number of nitrogens with zero attached hydrogens (tertiary/aromatic N) is 4. The Morgan fingerprint density at radius 1 is 1.16 bits per heavy atom. The number of thioether (sulfide) groups is 1. The quantitative estimate of drug-likeness (QED) is 0.198. The lowest BCUT2D eigenvalue weighted by Gasteiger charge is -2.28. The highest BCUT2D eigenvalue weighted by Crippen LogP contribution is 2.35. The molecule has 0 fully saturated rings. The number of carbonyl (C=O) groups is 2. The van der Waals surface area contributed by atoms with Crippen LogP contribution in [-0.4, -0.2) is 73.1 Å². The Labute approximate surface area is 260 Å². The summed E-state index contributed by atoms with van der Waals surface area (Å²) in [6.45, 7) is 6.60. The summed E-state index contributed by atoms with van der Waals surface area (Å²) in [6, 6.07) is 21.7. The van der Waals surface area contributed by atoms with Crippen LogP contribution in [0.4, 0.5) is 0 Å². The average Bonchev–Trinajstić information content (AvgIpc) is 3.51. The van der Waals surface area contributed by atoms with Gasteiger partial charge in [0.15, 0.2) is 5.37 Å². The maximum Gasteiger partial charge on any atom is 0.256 e. The second-order valence-electron chi connectivity index (χ2n) is 11.5. The average molecular weight is 616 g/mol. The van der Waals surface area contributed by atoms with Crippen LogP contribution >= 0.6 is 11.8 Å². The molecular weight excluding hydrogens is 578 g/mol. The lowest BCUT2D eigenvalue weighted by Crippen LogP contribution is -2.50. The molecule has 0 unspecified atom stereocenters. The van der Waals surface area contributed by atoms with Gasteiger partial charge in [0.1, 0.15) is 5.75 Å². The highest BCUT2D eigenvalue weighted by atomic mass is 32.2. The lowest BCUT2D eigenvalue weighted by atomic mass is 9.98. The molecule has 11 nitrogen and oxygen atoms in total. The van der Waals surface area contributed by atoms with Gasteiger partial charge in [0.05, 0.1) is 13.2 Å². The van der Waals surface area contributed by atoms with Crippen molar-refractivity contribution in [1.29, 1.82) is 0 Å². The molecule has 0 saturated heterocycles. The number of nitrogens with one attached hydrogen (secondary N) is 3. The van der Waals surface area contributed by atoms with Gasteiger partial charge in [-0.05, 0) is 60.4 Å². The molecule has 2 heterocycles. The summed E-state index contributed by atoms with van der Waals surface area (Å²) < 4.78 is 5.44. The summed E-state index contributed by atoms with van der Waals surface area (Å²) >= 11 is 1.32. The van der Waals surface area contributed by atoms with Crippen molar-refractivity contribution in [1.82, 2.24) is 36.2 Å². The van der Waals surface area contributed by atoms with Crippen molar-refractivity contribution < 1.29 is 19.4 Å². The van der Waals surface area contributed by atoms with Gasteiger partial charge in [-0.3, -0.25) is 9.59 Å². The van der Waals surface area contributed by atoms with Crippen molar-refractivity contribution in [3.05, 3.63) is 77.9 Å². The van der Waals surface area contributed by atoms with Crippen LogP contribution in [0.3, 0.4) is 0 Å². The third kappa shape index (κ3) is 7.62. The highest BCUT2D eigenvalue weighted by Gasteiger charge is 2.33. The second-order valence-corrected chi connectivity index (χ2v) is 12.6. The Bertz CT molecular complexity index is 1590. The minimum absolute atomic E-state index is 0.141. The first-order valence-electron chi connectivity index (χ1n) is 14.4. The molecule has 2 amide bonds. The highest BCUT2D eigenvalue weighted by molar-refractivity contribution is 8.00. The number of aromatic amines is 1. The number of carbonyl (C=O) groups excluding carboxylic acids is 2. The Hall–Kier alpha value is -4.26. The fourth-order valence-electron chi connectivity index (χ4n) is 5.05. The predicted molar refractivity (Wildman–Crippen MR) is 168 cm³/mol. The van der Waals surface area contributed by atoms with Gasteiger partial charge in [-0.2, -0.15) is 5.21 Å². The summed E-state index contributed by atoms with van der Waals surface area (Å²) in [6.07, 6.45) is -0.396. The molecule has 230 valence electrons. The van der Waals surface area contributed by atoms with E-state index in [9.17, 15) is 14.7 Å². The van der Waals surface area contributed by atoms with Crippen LogP contribution in [0.25, 0.3) is 22.5 Å². The molecule has 3 aromatic carbocycles. The van der Waals surface area contributed by atoms with Crippen LogP contribution in [0.15, 0.2) is 71.6 Å². The number of rotatable bonds is 11. The van der Waals surface area contributed by atoms with E-state index in [0.717, 1.165) is 32.7 Å². The van der Waals surface area contributed by atoms with Crippen LogP contribution in [0.5, 0.6) is 5.75 Å². The number of aromatic nitrogens is 4. The van der Waals surface area contributed by atoms with E-state index in [0.29, 0.717) is 31.2 Å². The molecular formula is C32H37N7O4S. The molecule has 12 heteroatoms. The van der Waals surface area contributed by atoms with Gasteiger partial charge >= 0.3 is 0 Å². The van der Waals surface area contributed by atoms with Crippen molar-refractivity contribution >= 4 is 23.6 Å².